The summed E-state index contributed by atoms with van der Waals surface area (Å²) in [5.41, 5.74) is 1.57. The first-order valence-electron chi connectivity index (χ1n) is 11.1. The molecule has 1 aliphatic rings. The number of nitrogens with zero attached hydrogens (tertiary/aromatic N) is 1. The Kier molecular flexibility index (Phi) is 8.79. The van der Waals surface area contributed by atoms with Gasteiger partial charge in [0.1, 0.15) is 6.04 Å². The fourth-order valence-electron chi connectivity index (χ4n) is 4.19. The normalized spacial score (nSPS) is 15.3. The van der Waals surface area contributed by atoms with Crippen molar-refractivity contribution in [3.63, 3.8) is 0 Å². The second kappa shape index (κ2) is 11.5. The number of amides is 2. The molecule has 0 bridgehead atoms. The highest BCUT2D eigenvalue weighted by Crippen LogP contribution is 2.27. The molecule has 0 aliphatic heterocycles. The van der Waals surface area contributed by atoms with Gasteiger partial charge in [0.2, 0.25) is 11.8 Å². The van der Waals surface area contributed by atoms with Crippen LogP contribution in [0, 0.1) is 0 Å². The van der Waals surface area contributed by atoms with Gasteiger partial charge in [0.15, 0.2) is 0 Å². The van der Waals surface area contributed by atoms with Crippen LogP contribution >= 0.6 is 23.2 Å². The largest absolute Gasteiger partial charge is 0.352 e. The van der Waals surface area contributed by atoms with E-state index >= 15 is 0 Å². The minimum atomic E-state index is -0.578. The van der Waals surface area contributed by atoms with Crippen LogP contribution in [0.3, 0.4) is 0 Å². The van der Waals surface area contributed by atoms with Crippen LogP contribution < -0.4 is 5.32 Å². The number of hydrogen-bond acceptors (Lipinski definition) is 2. The fraction of sp³-hybridized carbons (Fsp3) is 0.440. The van der Waals surface area contributed by atoms with E-state index in [1.54, 1.807) is 23.1 Å². The molecular formula is C25H30Cl2N2O2. The SMILES string of the molecule is CC[C@H](C(=O)NC1CCCCC1)N(Cc1c(Cl)cccc1Cl)C(=O)Cc1ccccc1. The smallest absolute Gasteiger partial charge is 0.243 e. The van der Waals surface area contributed by atoms with Crippen LogP contribution in [-0.4, -0.2) is 28.8 Å². The number of carbonyl (C=O) groups is 2. The number of benzene rings is 2. The summed E-state index contributed by atoms with van der Waals surface area (Å²) in [7, 11) is 0. The maximum atomic E-state index is 13.4. The molecule has 0 heterocycles. The first-order chi connectivity index (χ1) is 15.0. The Labute approximate surface area is 194 Å². The van der Waals surface area contributed by atoms with Crippen LogP contribution in [0.4, 0.5) is 0 Å². The van der Waals surface area contributed by atoms with Crippen molar-refractivity contribution >= 4 is 35.0 Å². The molecule has 31 heavy (non-hydrogen) atoms. The second-order valence-corrected chi connectivity index (χ2v) is 8.97. The van der Waals surface area contributed by atoms with Gasteiger partial charge in [0.25, 0.3) is 0 Å². The molecule has 2 aromatic rings. The Morgan fingerprint density at radius 2 is 1.65 bits per heavy atom. The van der Waals surface area contributed by atoms with E-state index in [1.165, 1.54) is 6.42 Å². The Hall–Kier alpha value is -2.04. The molecule has 0 saturated heterocycles. The van der Waals surface area contributed by atoms with Crippen molar-refractivity contribution in [2.24, 2.45) is 0 Å². The molecule has 2 amide bonds. The number of carbonyl (C=O) groups excluding carboxylic acids is 2. The average molecular weight is 461 g/mol. The summed E-state index contributed by atoms with van der Waals surface area (Å²) in [6.07, 6.45) is 6.21. The van der Waals surface area contributed by atoms with Crippen molar-refractivity contribution in [2.45, 2.75) is 70.5 Å². The third-order valence-corrected chi connectivity index (χ3v) is 6.63. The van der Waals surface area contributed by atoms with Gasteiger partial charge >= 0.3 is 0 Å². The molecule has 3 rings (SSSR count). The number of nitrogens with one attached hydrogen (secondary N) is 1. The van der Waals surface area contributed by atoms with Crippen LogP contribution in [0.1, 0.15) is 56.6 Å². The van der Waals surface area contributed by atoms with Gasteiger partial charge in [-0.3, -0.25) is 9.59 Å². The highest BCUT2D eigenvalue weighted by atomic mass is 35.5. The Morgan fingerprint density at radius 1 is 1.00 bits per heavy atom. The molecular weight excluding hydrogens is 431 g/mol. The lowest BCUT2D eigenvalue weighted by Crippen LogP contribution is -2.52. The zero-order chi connectivity index (χ0) is 22.2. The lowest BCUT2D eigenvalue weighted by molar-refractivity contribution is -0.141. The molecule has 1 fully saturated rings. The van der Waals surface area contributed by atoms with Gasteiger partial charge in [-0.2, -0.15) is 0 Å². The minimum absolute atomic E-state index is 0.0982. The molecule has 0 radical (unpaired) electrons. The van der Waals surface area contributed by atoms with E-state index in [4.69, 9.17) is 23.2 Å². The van der Waals surface area contributed by atoms with Crippen LogP contribution in [-0.2, 0) is 22.6 Å². The number of hydrogen-bond donors (Lipinski definition) is 1. The summed E-state index contributed by atoms with van der Waals surface area (Å²) in [5, 5.41) is 4.17. The van der Waals surface area contributed by atoms with Crippen LogP contribution in [0.15, 0.2) is 48.5 Å². The minimum Gasteiger partial charge on any atom is -0.352 e. The topological polar surface area (TPSA) is 49.4 Å². The van der Waals surface area contributed by atoms with E-state index < -0.39 is 6.04 Å². The van der Waals surface area contributed by atoms with Crippen molar-refractivity contribution in [3.8, 4) is 0 Å². The summed E-state index contributed by atoms with van der Waals surface area (Å²) in [6.45, 7) is 2.13. The molecule has 0 aromatic heterocycles. The van der Waals surface area contributed by atoms with Crippen LogP contribution in [0.2, 0.25) is 10.0 Å². The predicted octanol–water partition coefficient (Wildman–Crippen LogP) is 5.79. The first-order valence-corrected chi connectivity index (χ1v) is 11.8. The van der Waals surface area contributed by atoms with Crippen molar-refractivity contribution in [2.75, 3.05) is 0 Å². The van der Waals surface area contributed by atoms with E-state index in [2.05, 4.69) is 5.32 Å². The van der Waals surface area contributed by atoms with Crippen molar-refractivity contribution in [1.82, 2.24) is 10.2 Å². The summed E-state index contributed by atoms with van der Waals surface area (Å²) in [6, 6.07) is 14.5. The van der Waals surface area contributed by atoms with Gasteiger partial charge in [0.05, 0.1) is 6.42 Å². The van der Waals surface area contributed by atoms with Crippen molar-refractivity contribution < 1.29 is 9.59 Å². The van der Waals surface area contributed by atoms with Gasteiger partial charge in [-0.25, -0.2) is 0 Å². The highest BCUT2D eigenvalue weighted by molar-refractivity contribution is 6.36. The summed E-state index contributed by atoms with van der Waals surface area (Å²) >= 11 is 12.8. The van der Waals surface area contributed by atoms with E-state index in [0.717, 1.165) is 31.2 Å². The molecule has 166 valence electrons. The molecule has 6 heteroatoms. The van der Waals surface area contributed by atoms with Crippen LogP contribution in [0.5, 0.6) is 0 Å². The summed E-state index contributed by atoms with van der Waals surface area (Å²) in [4.78, 5) is 28.3. The maximum absolute atomic E-state index is 13.4. The fourth-order valence-corrected chi connectivity index (χ4v) is 4.71. The Balaban J connectivity index is 1.85. The third-order valence-electron chi connectivity index (χ3n) is 5.93. The van der Waals surface area contributed by atoms with E-state index in [0.29, 0.717) is 22.0 Å². The van der Waals surface area contributed by atoms with Gasteiger partial charge in [0, 0.05) is 28.2 Å². The van der Waals surface area contributed by atoms with Gasteiger partial charge in [-0.1, -0.05) is 85.8 Å². The van der Waals surface area contributed by atoms with Crippen molar-refractivity contribution in [3.05, 3.63) is 69.7 Å². The summed E-state index contributed by atoms with van der Waals surface area (Å²) in [5.74, 6) is -0.216. The lowest BCUT2D eigenvalue weighted by atomic mass is 9.95. The van der Waals surface area contributed by atoms with Gasteiger partial charge < -0.3 is 10.2 Å². The molecule has 4 nitrogen and oxygen atoms in total. The maximum Gasteiger partial charge on any atom is 0.243 e. The van der Waals surface area contributed by atoms with Gasteiger partial charge in [-0.05, 0) is 37.0 Å². The van der Waals surface area contributed by atoms with Crippen LogP contribution in [0.25, 0.3) is 0 Å². The Morgan fingerprint density at radius 3 is 2.26 bits per heavy atom. The second-order valence-electron chi connectivity index (χ2n) is 8.15. The molecule has 0 unspecified atom stereocenters. The quantitative estimate of drug-likeness (QED) is 0.541. The van der Waals surface area contributed by atoms with E-state index in [9.17, 15) is 9.59 Å². The molecule has 0 spiro atoms. The third kappa shape index (κ3) is 6.47. The van der Waals surface area contributed by atoms with Gasteiger partial charge in [-0.15, -0.1) is 0 Å². The predicted molar refractivity (Wildman–Crippen MR) is 126 cm³/mol. The Bertz CT molecular complexity index is 862. The average Bonchev–Trinajstić information content (AvgIpc) is 2.77. The zero-order valence-corrected chi connectivity index (χ0v) is 19.5. The standard InChI is InChI=1S/C25H30Cl2N2O2/c1-2-23(25(31)28-19-12-7-4-8-13-19)29(17-20-21(26)14-9-15-22(20)27)24(30)16-18-10-5-3-6-11-18/h3,5-6,9-11,14-15,19,23H,2,4,7-8,12-13,16-17H2,1H3,(H,28,31)/t23-/m1/s1. The van der Waals surface area contributed by atoms with E-state index in [-0.39, 0.29) is 30.8 Å². The number of halogens is 2. The molecule has 1 saturated carbocycles. The monoisotopic (exact) mass is 460 g/mol. The van der Waals surface area contributed by atoms with Crippen molar-refractivity contribution in [1.29, 1.82) is 0 Å². The lowest BCUT2D eigenvalue weighted by Gasteiger charge is -2.33. The van der Waals surface area contributed by atoms with E-state index in [1.807, 2.05) is 37.3 Å². The molecule has 1 atom stereocenters. The molecule has 1 N–H and O–H groups in total. The first kappa shape index (κ1) is 23.6. The molecule has 2 aromatic carbocycles. The zero-order valence-electron chi connectivity index (χ0n) is 17.9. The number of rotatable bonds is 8. The highest BCUT2D eigenvalue weighted by Gasteiger charge is 2.31. The molecule has 1 aliphatic carbocycles. The summed E-state index contributed by atoms with van der Waals surface area (Å²) < 4.78 is 0.